The highest BCUT2D eigenvalue weighted by Crippen LogP contribution is 2.39. The summed E-state index contributed by atoms with van der Waals surface area (Å²) in [4.78, 5) is 5.03. The Labute approximate surface area is 202 Å². The van der Waals surface area contributed by atoms with Crippen LogP contribution in [0.5, 0.6) is 23.0 Å². The van der Waals surface area contributed by atoms with Gasteiger partial charge in [-0.25, -0.2) is 0 Å². The number of phenols is 1. The first kappa shape index (κ1) is 21.3. The SMILES string of the molecule is COc1ccc([C@@H]2N=C(c3ccc4c(c3)OCO4)C[C@H](c3cc(Br)ccc3O)N2)cc1Br. The topological polar surface area (TPSA) is 72.3 Å². The molecule has 0 aromatic heterocycles. The maximum atomic E-state index is 10.6. The van der Waals surface area contributed by atoms with Crippen molar-refractivity contribution in [2.24, 2.45) is 4.99 Å². The number of phenolic OH excluding ortho intramolecular Hbond substituents is 1. The average molecular weight is 560 g/mol. The molecule has 32 heavy (non-hydrogen) atoms. The molecule has 2 aliphatic rings. The van der Waals surface area contributed by atoms with Crippen molar-refractivity contribution >= 4 is 37.6 Å². The Bertz CT molecular complexity index is 1210. The van der Waals surface area contributed by atoms with Crippen LogP contribution < -0.4 is 19.5 Å². The molecule has 0 saturated carbocycles. The van der Waals surface area contributed by atoms with Crippen molar-refractivity contribution < 1.29 is 19.3 Å². The summed E-state index contributed by atoms with van der Waals surface area (Å²) < 4.78 is 18.2. The van der Waals surface area contributed by atoms with Crippen LogP contribution in [0.1, 0.15) is 35.3 Å². The molecule has 0 saturated heterocycles. The van der Waals surface area contributed by atoms with Crippen molar-refractivity contribution in [2.45, 2.75) is 18.6 Å². The van der Waals surface area contributed by atoms with Gasteiger partial charge in [-0.2, -0.15) is 0 Å². The third-order valence-electron chi connectivity index (χ3n) is 5.60. The van der Waals surface area contributed by atoms with E-state index in [1.807, 2.05) is 48.5 Å². The molecule has 0 amide bonds. The lowest BCUT2D eigenvalue weighted by Crippen LogP contribution is -2.33. The fourth-order valence-electron chi connectivity index (χ4n) is 3.98. The summed E-state index contributed by atoms with van der Waals surface area (Å²) in [5, 5.41) is 14.2. The van der Waals surface area contributed by atoms with Gasteiger partial charge in [0.15, 0.2) is 11.5 Å². The molecule has 8 heteroatoms. The summed E-state index contributed by atoms with van der Waals surface area (Å²) >= 11 is 7.09. The molecular formula is C24H20Br2N2O4. The van der Waals surface area contributed by atoms with Crippen molar-refractivity contribution in [3.63, 3.8) is 0 Å². The third-order valence-corrected chi connectivity index (χ3v) is 6.72. The van der Waals surface area contributed by atoms with Gasteiger partial charge in [0.2, 0.25) is 6.79 Å². The first-order valence-corrected chi connectivity index (χ1v) is 11.6. The second kappa shape index (κ2) is 8.77. The number of rotatable bonds is 4. The number of aliphatic imine (C=N–C) groups is 1. The molecule has 2 atom stereocenters. The number of fused-ring (bicyclic) bond motifs is 1. The summed E-state index contributed by atoms with van der Waals surface area (Å²) in [7, 11) is 1.64. The van der Waals surface area contributed by atoms with E-state index in [0.717, 1.165) is 42.8 Å². The van der Waals surface area contributed by atoms with Gasteiger partial charge < -0.3 is 19.3 Å². The van der Waals surface area contributed by atoms with Crippen LogP contribution >= 0.6 is 31.9 Å². The minimum atomic E-state index is -0.310. The zero-order valence-electron chi connectivity index (χ0n) is 17.1. The molecule has 3 aromatic carbocycles. The molecule has 3 aromatic rings. The van der Waals surface area contributed by atoms with Gasteiger partial charge in [-0.05, 0) is 75.6 Å². The molecule has 6 nitrogen and oxygen atoms in total. The van der Waals surface area contributed by atoms with Gasteiger partial charge in [0, 0.05) is 28.2 Å². The molecule has 0 bridgehead atoms. The van der Waals surface area contributed by atoms with Crippen LogP contribution in [0.3, 0.4) is 0 Å². The van der Waals surface area contributed by atoms with Crippen molar-refractivity contribution in [3.8, 4) is 23.0 Å². The molecular weight excluding hydrogens is 540 g/mol. The van der Waals surface area contributed by atoms with Crippen LogP contribution in [-0.4, -0.2) is 24.7 Å². The first-order valence-electron chi connectivity index (χ1n) is 10.1. The number of aromatic hydroxyl groups is 1. The quantitative estimate of drug-likeness (QED) is 0.418. The highest BCUT2D eigenvalue weighted by Gasteiger charge is 2.29. The predicted octanol–water partition coefficient (Wildman–Crippen LogP) is 5.88. The van der Waals surface area contributed by atoms with E-state index in [1.54, 1.807) is 13.2 Å². The second-order valence-corrected chi connectivity index (χ2v) is 9.34. The van der Waals surface area contributed by atoms with E-state index < -0.39 is 0 Å². The van der Waals surface area contributed by atoms with Gasteiger partial charge in [-0.15, -0.1) is 0 Å². The Hall–Kier alpha value is -2.55. The lowest BCUT2D eigenvalue weighted by Gasteiger charge is -2.31. The van der Waals surface area contributed by atoms with Gasteiger partial charge in [0.05, 0.1) is 11.6 Å². The van der Waals surface area contributed by atoms with E-state index in [2.05, 4.69) is 37.2 Å². The fourth-order valence-corrected chi connectivity index (χ4v) is 4.92. The zero-order valence-corrected chi connectivity index (χ0v) is 20.3. The fraction of sp³-hybridized carbons (Fsp3) is 0.208. The Morgan fingerprint density at radius 2 is 1.88 bits per heavy atom. The van der Waals surface area contributed by atoms with Crippen LogP contribution in [0, 0.1) is 0 Å². The van der Waals surface area contributed by atoms with Gasteiger partial charge in [-0.3, -0.25) is 10.3 Å². The van der Waals surface area contributed by atoms with Crippen LogP contribution in [0.25, 0.3) is 0 Å². The second-order valence-electron chi connectivity index (χ2n) is 7.57. The first-order chi connectivity index (χ1) is 15.5. The van der Waals surface area contributed by atoms with E-state index in [-0.39, 0.29) is 24.8 Å². The predicted molar refractivity (Wildman–Crippen MR) is 129 cm³/mol. The van der Waals surface area contributed by atoms with Crippen molar-refractivity contribution in [1.29, 1.82) is 0 Å². The van der Waals surface area contributed by atoms with Crippen molar-refractivity contribution in [2.75, 3.05) is 13.9 Å². The number of hydrogen-bond donors (Lipinski definition) is 2. The molecule has 0 aliphatic carbocycles. The summed E-state index contributed by atoms with van der Waals surface area (Å²) in [5.41, 5.74) is 3.68. The molecule has 2 heterocycles. The maximum Gasteiger partial charge on any atom is 0.231 e. The van der Waals surface area contributed by atoms with Crippen LogP contribution in [0.4, 0.5) is 0 Å². The number of nitrogens with one attached hydrogen (secondary N) is 1. The summed E-state index contributed by atoms with van der Waals surface area (Å²) in [6, 6.07) is 17.1. The smallest absolute Gasteiger partial charge is 0.231 e. The average Bonchev–Trinajstić information content (AvgIpc) is 3.28. The molecule has 0 unspecified atom stereocenters. The Kier molecular flexibility index (Phi) is 5.84. The van der Waals surface area contributed by atoms with E-state index >= 15 is 0 Å². The normalized spacial score (nSPS) is 19.5. The lowest BCUT2D eigenvalue weighted by atomic mass is 9.93. The monoisotopic (exact) mass is 558 g/mol. The molecule has 5 rings (SSSR count). The van der Waals surface area contributed by atoms with Crippen LogP contribution in [0.2, 0.25) is 0 Å². The van der Waals surface area contributed by atoms with E-state index in [9.17, 15) is 5.11 Å². The van der Waals surface area contributed by atoms with E-state index in [1.165, 1.54) is 0 Å². The number of hydrogen-bond acceptors (Lipinski definition) is 6. The Morgan fingerprint density at radius 1 is 1.03 bits per heavy atom. The standard InChI is InChI=1S/C24H20Br2N2O4/c1-30-21-6-3-14(8-17(21)26)24-27-18(13-2-7-22-23(9-13)32-12-31-22)11-19(28-24)16-10-15(25)4-5-20(16)29/h2-10,19,24,28-29H,11-12H2,1H3/t19-,24-/m1/s1. The minimum absolute atomic E-state index is 0.142. The number of benzene rings is 3. The molecule has 164 valence electrons. The van der Waals surface area contributed by atoms with Gasteiger partial charge in [0.1, 0.15) is 17.7 Å². The largest absolute Gasteiger partial charge is 0.508 e. The minimum Gasteiger partial charge on any atom is -0.508 e. The van der Waals surface area contributed by atoms with Gasteiger partial charge in [-0.1, -0.05) is 22.0 Å². The number of ether oxygens (including phenoxy) is 3. The van der Waals surface area contributed by atoms with Crippen LogP contribution in [0.15, 0.2) is 68.5 Å². The molecule has 0 radical (unpaired) electrons. The number of methoxy groups -OCH3 is 1. The third kappa shape index (κ3) is 4.10. The summed E-state index contributed by atoms with van der Waals surface area (Å²) in [6.45, 7) is 0.226. The number of halogens is 2. The van der Waals surface area contributed by atoms with Crippen molar-refractivity contribution in [1.82, 2.24) is 5.32 Å². The van der Waals surface area contributed by atoms with E-state index in [0.29, 0.717) is 12.2 Å². The Morgan fingerprint density at radius 3 is 2.69 bits per heavy atom. The summed E-state index contributed by atoms with van der Waals surface area (Å²) in [6.07, 6.45) is 0.298. The van der Waals surface area contributed by atoms with Gasteiger partial charge >= 0.3 is 0 Å². The molecule has 0 spiro atoms. The summed E-state index contributed by atoms with van der Waals surface area (Å²) in [5.74, 6) is 2.45. The molecule has 2 aliphatic heterocycles. The molecule has 2 N–H and O–H groups in total. The lowest BCUT2D eigenvalue weighted by molar-refractivity contribution is 0.174. The molecule has 0 fully saturated rings. The zero-order chi connectivity index (χ0) is 22.2. The maximum absolute atomic E-state index is 10.6. The highest BCUT2D eigenvalue weighted by atomic mass is 79.9. The van der Waals surface area contributed by atoms with Crippen molar-refractivity contribution in [3.05, 3.63) is 80.2 Å². The Balaban J connectivity index is 1.57. The van der Waals surface area contributed by atoms with Gasteiger partial charge in [0.25, 0.3) is 0 Å². The van der Waals surface area contributed by atoms with Crippen LogP contribution in [-0.2, 0) is 0 Å². The highest BCUT2D eigenvalue weighted by molar-refractivity contribution is 9.10. The number of nitrogens with zero attached hydrogens (tertiary/aromatic N) is 1. The van der Waals surface area contributed by atoms with E-state index in [4.69, 9.17) is 19.2 Å².